The molecular weight excluding hydrogens is 154 g/mol. The van der Waals surface area contributed by atoms with Gasteiger partial charge in [-0.3, -0.25) is 0 Å². The molecule has 4 heteroatoms. The second-order valence-corrected chi connectivity index (χ2v) is 2.16. The molecule has 0 fully saturated rings. The van der Waals surface area contributed by atoms with Crippen molar-refractivity contribution >= 4 is 17.7 Å². The summed E-state index contributed by atoms with van der Waals surface area (Å²) in [7, 11) is 0. The van der Waals surface area contributed by atoms with E-state index in [0.29, 0.717) is 5.57 Å². The van der Waals surface area contributed by atoms with Crippen LogP contribution < -0.4 is 4.84 Å². The number of rotatable bonds is 3. The van der Waals surface area contributed by atoms with Crippen molar-refractivity contribution < 1.29 is 9.53 Å². The van der Waals surface area contributed by atoms with Crippen molar-refractivity contribution in [1.29, 1.82) is 0 Å². The first kappa shape index (κ1) is 9.46. The van der Waals surface area contributed by atoms with Crippen LogP contribution in [0.15, 0.2) is 12.2 Å². The Balaban J connectivity index is 3.68. The third kappa shape index (κ3) is 3.48. The molecule has 0 amide bonds. The number of carbonyl (C=O) groups excluding carboxylic acids is 1. The Morgan fingerprint density at radius 2 is 2.30 bits per heavy atom. The predicted molar refractivity (Wildman–Crippen MR) is 39.4 cm³/mol. The molecule has 10 heavy (non-hydrogen) atoms. The van der Waals surface area contributed by atoms with Crippen molar-refractivity contribution in [2.24, 2.45) is 0 Å². The van der Waals surface area contributed by atoms with E-state index in [1.54, 1.807) is 13.8 Å². The average Bonchev–Trinajstić information content (AvgIpc) is 1.87. The first-order chi connectivity index (χ1) is 4.57. The molecule has 0 bridgehead atoms. The number of hydrogen-bond acceptors (Lipinski definition) is 3. The lowest BCUT2D eigenvalue weighted by Gasteiger charge is -2.09. The monoisotopic (exact) mass is 163 g/mol. The summed E-state index contributed by atoms with van der Waals surface area (Å²) in [5.41, 5.74) is 0.360. The molecule has 0 aromatic rings. The Hall–Kier alpha value is -0.540. The fourth-order valence-corrected chi connectivity index (χ4v) is 0.328. The lowest BCUT2D eigenvalue weighted by molar-refractivity contribution is -0.143. The minimum atomic E-state index is -0.481. The summed E-state index contributed by atoms with van der Waals surface area (Å²) in [6, 6.07) is 0. The molecule has 1 atom stereocenters. The lowest BCUT2D eigenvalue weighted by Crippen LogP contribution is -2.24. The molecule has 1 N–H and O–H groups in total. The Labute approximate surface area is 65.1 Å². The second kappa shape index (κ2) is 4.30. The standard InChI is InChI=1S/C6H10ClNO2/c1-4(2)6(9)10-5(3)8-7/h5,8H,1H2,2-3H3. The highest BCUT2D eigenvalue weighted by atomic mass is 35.5. The van der Waals surface area contributed by atoms with Gasteiger partial charge in [0.25, 0.3) is 0 Å². The number of hydrogen-bond donors (Lipinski definition) is 1. The molecule has 58 valence electrons. The van der Waals surface area contributed by atoms with E-state index in [-0.39, 0.29) is 0 Å². The third-order valence-corrected chi connectivity index (χ3v) is 1.09. The van der Waals surface area contributed by atoms with Crippen molar-refractivity contribution in [1.82, 2.24) is 4.84 Å². The Morgan fingerprint density at radius 3 is 2.60 bits per heavy atom. The van der Waals surface area contributed by atoms with Gasteiger partial charge in [-0.05, 0) is 25.6 Å². The molecule has 0 saturated heterocycles. The topological polar surface area (TPSA) is 38.3 Å². The maximum absolute atomic E-state index is 10.7. The highest BCUT2D eigenvalue weighted by molar-refractivity contribution is 6.13. The highest BCUT2D eigenvalue weighted by Crippen LogP contribution is 1.95. The third-order valence-electron chi connectivity index (χ3n) is 0.786. The van der Waals surface area contributed by atoms with Gasteiger partial charge in [0.05, 0.1) is 0 Å². The zero-order valence-electron chi connectivity index (χ0n) is 5.98. The molecule has 0 aliphatic rings. The minimum absolute atomic E-state index is 0.360. The van der Waals surface area contributed by atoms with Crippen LogP contribution in [0.1, 0.15) is 13.8 Å². The molecule has 0 aliphatic carbocycles. The van der Waals surface area contributed by atoms with Crippen LogP contribution in [0.5, 0.6) is 0 Å². The van der Waals surface area contributed by atoms with Crippen molar-refractivity contribution in [3.63, 3.8) is 0 Å². The maximum atomic E-state index is 10.7. The summed E-state index contributed by atoms with van der Waals surface area (Å²) >= 11 is 5.14. The van der Waals surface area contributed by atoms with Crippen molar-refractivity contribution in [3.8, 4) is 0 Å². The molecule has 0 heterocycles. The van der Waals surface area contributed by atoms with E-state index in [2.05, 4.69) is 16.2 Å². The van der Waals surface area contributed by atoms with Crippen LogP contribution in [0, 0.1) is 0 Å². The van der Waals surface area contributed by atoms with E-state index in [0.717, 1.165) is 0 Å². The van der Waals surface area contributed by atoms with Gasteiger partial charge in [0, 0.05) is 5.57 Å². The summed E-state index contributed by atoms with van der Waals surface area (Å²) in [4.78, 5) is 12.9. The molecule has 0 aromatic carbocycles. The first-order valence-corrected chi connectivity index (χ1v) is 3.18. The van der Waals surface area contributed by atoms with E-state index in [9.17, 15) is 4.79 Å². The Morgan fingerprint density at radius 1 is 1.80 bits per heavy atom. The summed E-state index contributed by atoms with van der Waals surface area (Å²) in [5.74, 6) is -0.444. The van der Waals surface area contributed by atoms with Crippen molar-refractivity contribution in [2.75, 3.05) is 0 Å². The van der Waals surface area contributed by atoms with Crippen LogP contribution in [-0.2, 0) is 9.53 Å². The molecule has 1 unspecified atom stereocenters. The predicted octanol–water partition coefficient (Wildman–Crippen LogP) is 1.20. The summed E-state index contributed by atoms with van der Waals surface area (Å²) in [5, 5.41) is 0. The lowest BCUT2D eigenvalue weighted by atomic mass is 10.4. The number of carbonyl (C=O) groups is 1. The van der Waals surface area contributed by atoms with Gasteiger partial charge in [-0.1, -0.05) is 6.58 Å². The van der Waals surface area contributed by atoms with Gasteiger partial charge in [-0.25, -0.2) is 4.79 Å². The van der Waals surface area contributed by atoms with Crippen LogP contribution in [0.3, 0.4) is 0 Å². The van der Waals surface area contributed by atoms with Crippen molar-refractivity contribution in [2.45, 2.75) is 20.1 Å². The van der Waals surface area contributed by atoms with E-state index < -0.39 is 12.2 Å². The second-order valence-electron chi connectivity index (χ2n) is 1.94. The van der Waals surface area contributed by atoms with Gasteiger partial charge in [-0.2, -0.15) is 4.84 Å². The quantitative estimate of drug-likeness (QED) is 0.294. The zero-order chi connectivity index (χ0) is 8.15. The fourth-order valence-electron chi connectivity index (χ4n) is 0.283. The van der Waals surface area contributed by atoms with Gasteiger partial charge < -0.3 is 4.74 Å². The van der Waals surface area contributed by atoms with Crippen LogP contribution >= 0.6 is 11.8 Å². The van der Waals surface area contributed by atoms with Gasteiger partial charge in [0.2, 0.25) is 0 Å². The number of halogens is 1. The van der Waals surface area contributed by atoms with Gasteiger partial charge in [-0.15, -0.1) is 0 Å². The number of esters is 1. The van der Waals surface area contributed by atoms with Crippen LogP contribution in [0.2, 0.25) is 0 Å². The highest BCUT2D eigenvalue weighted by Gasteiger charge is 2.07. The van der Waals surface area contributed by atoms with Gasteiger partial charge >= 0.3 is 5.97 Å². The molecule has 3 nitrogen and oxygen atoms in total. The normalized spacial score (nSPS) is 12.3. The Kier molecular flexibility index (Phi) is 4.07. The SMILES string of the molecule is C=C(C)C(=O)OC(C)NCl. The molecule has 0 spiro atoms. The largest absolute Gasteiger partial charge is 0.442 e. The zero-order valence-corrected chi connectivity index (χ0v) is 6.73. The molecule has 0 aromatic heterocycles. The van der Waals surface area contributed by atoms with Crippen LogP contribution in [-0.4, -0.2) is 12.2 Å². The van der Waals surface area contributed by atoms with Crippen LogP contribution in [0.25, 0.3) is 0 Å². The number of ether oxygens (including phenoxy) is 1. The van der Waals surface area contributed by atoms with E-state index >= 15 is 0 Å². The molecule has 0 radical (unpaired) electrons. The first-order valence-electron chi connectivity index (χ1n) is 2.80. The summed E-state index contributed by atoms with van der Waals surface area (Å²) in [6.45, 7) is 6.59. The smallest absolute Gasteiger partial charge is 0.334 e. The Bertz CT molecular complexity index is 147. The molecular formula is C6H10ClNO2. The molecule has 0 aliphatic heterocycles. The maximum Gasteiger partial charge on any atom is 0.334 e. The van der Waals surface area contributed by atoms with E-state index in [1.165, 1.54) is 0 Å². The van der Waals surface area contributed by atoms with Crippen molar-refractivity contribution in [3.05, 3.63) is 12.2 Å². The molecule has 0 rings (SSSR count). The van der Waals surface area contributed by atoms with Crippen LogP contribution in [0.4, 0.5) is 0 Å². The van der Waals surface area contributed by atoms with Gasteiger partial charge in [0.1, 0.15) is 0 Å². The minimum Gasteiger partial charge on any atom is -0.442 e. The summed E-state index contributed by atoms with van der Waals surface area (Å²) in [6.07, 6.45) is -0.481. The van der Waals surface area contributed by atoms with E-state index in [1.807, 2.05) is 0 Å². The summed E-state index contributed by atoms with van der Waals surface area (Å²) < 4.78 is 4.68. The van der Waals surface area contributed by atoms with E-state index in [4.69, 9.17) is 11.8 Å². The van der Waals surface area contributed by atoms with Gasteiger partial charge in [0.15, 0.2) is 6.23 Å². The average molecular weight is 164 g/mol. The fraction of sp³-hybridized carbons (Fsp3) is 0.500. The molecule has 0 saturated carbocycles. The number of nitrogens with one attached hydrogen (secondary N) is 1.